The van der Waals surface area contributed by atoms with Gasteiger partial charge in [-0.05, 0) is 49.1 Å². The number of ether oxygens (including phenoxy) is 3. The van der Waals surface area contributed by atoms with E-state index in [0.717, 1.165) is 37.9 Å². The minimum Gasteiger partial charge on any atom is -0.491 e. The second-order valence-electron chi connectivity index (χ2n) is 7.37. The first-order chi connectivity index (χ1) is 14.7. The van der Waals surface area contributed by atoms with E-state index in [0.29, 0.717) is 17.9 Å². The highest BCUT2D eigenvalue weighted by Gasteiger charge is 2.17. The van der Waals surface area contributed by atoms with E-state index in [1.807, 2.05) is 30.3 Å². The Morgan fingerprint density at radius 1 is 1.13 bits per heavy atom. The van der Waals surface area contributed by atoms with Gasteiger partial charge in [-0.1, -0.05) is 43.7 Å². The third-order valence-electron chi connectivity index (χ3n) is 5.00. The average Bonchev–Trinajstić information content (AvgIpc) is 3.30. The van der Waals surface area contributed by atoms with E-state index in [9.17, 15) is 9.59 Å². The monoisotopic (exact) mass is 411 g/mol. The van der Waals surface area contributed by atoms with Crippen LogP contribution in [0.25, 0.3) is 0 Å². The second kappa shape index (κ2) is 11.4. The molecule has 0 spiro atoms. The fraction of sp³-hybridized carbons (Fsp3) is 0.417. The molecule has 0 aromatic heterocycles. The van der Waals surface area contributed by atoms with Gasteiger partial charge in [-0.15, -0.1) is 0 Å². The first-order valence-corrected chi connectivity index (χ1v) is 10.5. The van der Waals surface area contributed by atoms with Crippen LogP contribution < -0.4 is 10.1 Å². The summed E-state index contributed by atoms with van der Waals surface area (Å²) in [6, 6.07) is 16.4. The van der Waals surface area contributed by atoms with Crippen molar-refractivity contribution in [1.29, 1.82) is 0 Å². The molecular weight excluding hydrogens is 382 g/mol. The zero-order valence-corrected chi connectivity index (χ0v) is 17.3. The van der Waals surface area contributed by atoms with Crippen LogP contribution in [0.4, 0.5) is 0 Å². The van der Waals surface area contributed by atoms with Crippen molar-refractivity contribution >= 4 is 11.9 Å². The number of carbonyl (C=O) groups is 2. The van der Waals surface area contributed by atoms with E-state index in [4.69, 9.17) is 14.2 Å². The van der Waals surface area contributed by atoms with Crippen LogP contribution in [0.15, 0.2) is 54.6 Å². The van der Waals surface area contributed by atoms with Crippen molar-refractivity contribution in [1.82, 2.24) is 5.32 Å². The summed E-state index contributed by atoms with van der Waals surface area (Å²) in [7, 11) is 0. The molecule has 160 valence electrons. The first kappa shape index (κ1) is 21.8. The van der Waals surface area contributed by atoms with Gasteiger partial charge in [-0.25, -0.2) is 4.79 Å². The molecule has 2 atom stereocenters. The lowest BCUT2D eigenvalue weighted by Gasteiger charge is -2.18. The van der Waals surface area contributed by atoms with Gasteiger partial charge in [0.2, 0.25) is 0 Å². The highest BCUT2D eigenvalue weighted by Crippen LogP contribution is 2.19. The van der Waals surface area contributed by atoms with Crippen LogP contribution in [0.3, 0.4) is 0 Å². The van der Waals surface area contributed by atoms with E-state index >= 15 is 0 Å². The molecule has 30 heavy (non-hydrogen) atoms. The molecular formula is C24H29NO5. The van der Waals surface area contributed by atoms with E-state index in [2.05, 4.69) is 12.2 Å². The number of carbonyl (C=O) groups excluding carboxylic acids is 2. The molecule has 2 aromatic rings. The van der Waals surface area contributed by atoms with E-state index < -0.39 is 5.97 Å². The summed E-state index contributed by atoms with van der Waals surface area (Å²) in [6.45, 7) is 3.04. The molecule has 0 aliphatic carbocycles. The minimum atomic E-state index is -0.539. The number of esters is 1. The van der Waals surface area contributed by atoms with Gasteiger partial charge in [0.1, 0.15) is 12.4 Å². The van der Waals surface area contributed by atoms with Crippen LogP contribution >= 0.6 is 0 Å². The Morgan fingerprint density at radius 2 is 1.90 bits per heavy atom. The van der Waals surface area contributed by atoms with Crippen LogP contribution in [0.2, 0.25) is 0 Å². The zero-order valence-electron chi connectivity index (χ0n) is 17.3. The lowest BCUT2D eigenvalue weighted by atomic mass is 10.0. The number of rotatable bonds is 10. The van der Waals surface area contributed by atoms with Gasteiger partial charge in [0.05, 0.1) is 17.7 Å². The topological polar surface area (TPSA) is 73.9 Å². The molecule has 0 bridgehead atoms. The van der Waals surface area contributed by atoms with Gasteiger partial charge in [0, 0.05) is 6.61 Å². The molecule has 0 unspecified atom stereocenters. The quantitative estimate of drug-likeness (QED) is 0.597. The summed E-state index contributed by atoms with van der Waals surface area (Å²) < 4.78 is 16.4. The van der Waals surface area contributed by atoms with E-state index in [1.54, 1.807) is 24.3 Å². The molecule has 1 aliphatic heterocycles. The predicted octanol–water partition coefficient (Wildman–Crippen LogP) is 4.06. The molecule has 1 saturated heterocycles. The summed E-state index contributed by atoms with van der Waals surface area (Å²) >= 11 is 0. The molecule has 0 radical (unpaired) electrons. The Bertz CT molecular complexity index is 800. The molecule has 1 amide bonds. The molecule has 6 heteroatoms. The Kier molecular flexibility index (Phi) is 8.27. The summed E-state index contributed by atoms with van der Waals surface area (Å²) in [5.74, 6) is -0.185. The summed E-state index contributed by atoms with van der Waals surface area (Å²) in [6.07, 6.45) is 3.96. The predicted molar refractivity (Wildman–Crippen MR) is 113 cm³/mol. The molecule has 6 nitrogen and oxygen atoms in total. The third kappa shape index (κ3) is 6.59. The van der Waals surface area contributed by atoms with Crippen molar-refractivity contribution in [3.05, 3.63) is 65.7 Å². The van der Waals surface area contributed by atoms with Crippen LogP contribution in [0.5, 0.6) is 5.75 Å². The van der Waals surface area contributed by atoms with Crippen LogP contribution in [-0.2, 0) is 14.3 Å². The van der Waals surface area contributed by atoms with Gasteiger partial charge in [0.15, 0.2) is 6.61 Å². The van der Waals surface area contributed by atoms with Crippen molar-refractivity contribution in [2.24, 2.45) is 0 Å². The third-order valence-corrected chi connectivity index (χ3v) is 5.00. The Hall–Kier alpha value is -2.86. The lowest BCUT2D eigenvalue weighted by molar-refractivity contribution is -0.125. The Labute approximate surface area is 177 Å². The van der Waals surface area contributed by atoms with Gasteiger partial charge in [-0.3, -0.25) is 4.79 Å². The molecule has 1 N–H and O–H groups in total. The molecule has 1 fully saturated rings. The normalized spacial score (nSPS) is 16.6. The molecule has 3 rings (SSSR count). The number of nitrogens with one attached hydrogen (secondary N) is 1. The number of hydrogen-bond acceptors (Lipinski definition) is 5. The molecule has 1 aliphatic rings. The van der Waals surface area contributed by atoms with Crippen molar-refractivity contribution < 1.29 is 23.8 Å². The van der Waals surface area contributed by atoms with Gasteiger partial charge < -0.3 is 19.5 Å². The number of hydrogen-bond donors (Lipinski definition) is 1. The summed E-state index contributed by atoms with van der Waals surface area (Å²) in [4.78, 5) is 24.5. The second-order valence-corrected chi connectivity index (χ2v) is 7.37. The maximum atomic E-state index is 12.3. The van der Waals surface area contributed by atoms with Crippen LogP contribution in [-0.4, -0.2) is 37.8 Å². The van der Waals surface area contributed by atoms with Crippen molar-refractivity contribution in [3.8, 4) is 5.75 Å². The first-order valence-electron chi connectivity index (χ1n) is 10.5. The van der Waals surface area contributed by atoms with E-state index in [-0.39, 0.29) is 24.7 Å². The lowest BCUT2D eigenvalue weighted by Crippen LogP contribution is -2.32. The smallest absolute Gasteiger partial charge is 0.338 e. The molecule has 1 heterocycles. The van der Waals surface area contributed by atoms with Gasteiger partial charge in [0.25, 0.3) is 5.91 Å². The fourth-order valence-electron chi connectivity index (χ4n) is 3.40. The Morgan fingerprint density at radius 3 is 2.57 bits per heavy atom. The average molecular weight is 411 g/mol. The van der Waals surface area contributed by atoms with Crippen LogP contribution in [0.1, 0.15) is 54.6 Å². The van der Waals surface area contributed by atoms with Gasteiger partial charge >= 0.3 is 5.97 Å². The number of benzene rings is 2. The van der Waals surface area contributed by atoms with Gasteiger partial charge in [-0.2, -0.15) is 0 Å². The standard InChI is InChI=1S/C24H29NO5/c1-2-7-22(18-8-4-3-5-9-18)25-23(26)17-30-24(27)19-11-13-20(14-12-19)29-16-21-10-6-15-28-21/h3-5,8-9,11-14,21-22H,2,6-7,10,15-17H2,1H3,(H,25,26)/t21-,22+/m0/s1. The summed E-state index contributed by atoms with van der Waals surface area (Å²) in [5.41, 5.74) is 1.41. The van der Waals surface area contributed by atoms with E-state index in [1.165, 1.54) is 0 Å². The van der Waals surface area contributed by atoms with Crippen molar-refractivity contribution in [2.45, 2.75) is 44.8 Å². The highest BCUT2D eigenvalue weighted by molar-refractivity contribution is 5.91. The fourth-order valence-corrected chi connectivity index (χ4v) is 3.40. The summed E-state index contributed by atoms with van der Waals surface area (Å²) in [5, 5.41) is 2.95. The minimum absolute atomic E-state index is 0.0947. The Balaban J connectivity index is 1.45. The molecule has 0 saturated carbocycles. The molecule has 2 aromatic carbocycles. The van der Waals surface area contributed by atoms with Crippen LogP contribution in [0, 0.1) is 0 Å². The van der Waals surface area contributed by atoms with Crippen molar-refractivity contribution in [3.63, 3.8) is 0 Å². The number of amides is 1. The zero-order chi connectivity index (χ0) is 21.2. The highest BCUT2D eigenvalue weighted by atomic mass is 16.5. The maximum Gasteiger partial charge on any atom is 0.338 e. The van der Waals surface area contributed by atoms with Crippen molar-refractivity contribution in [2.75, 3.05) is 19.8 Å². The maximum absolute atomic E-state index is 12.3. The SMILES string of the molecule is CCC[C@@H](NC(=O)COC(=O)c1ccc(OC[C@@H]2CCCO2)cc1)c1ccccc1. The largest absolute Gasteiger partial charge is 0.491 e.